The van der Waals surface area contributed by atoms with Crippen LogP contribution >= 0.6 is 23.2 Å². The second-order valence-electron chi connectivity index (χ2n) is 6.69. The number of rotatable bonds is 7. The Morgan fingerprint density at radius 1 is 1.25 bits per heavy atom. The molecule has 1 fully saturated rings. The monoisotopic (exact) mass is 429 g/mol. The standard InChI is InChI=1S/C20H23Cl2F2N3O/c1-2-14(23)10-18(24)19(25)26-11-12-3-6-15(7-4-12)27-20(28)16-9-13(21)5-8-17(16)22/h2,5,8-10,12,15,26H,1,3-4,6-7,11,25H2,(H,27,28)/b14-10+,19-18-. The molecule has 2 rings (SSSR count). The molecule has 0 saturated heterocycles. The average Bonchev–Trinajstić information content (AvgIpc) is 2.68. The van der Waals surface area contributed by atoms with Gasteiger partial charge in [-0.3, -0.25) is 4.79 Å². The van der Waals surface area contributed by atoms with Gasteiger partial charge in [0.1, 0.15) is 11.6 Å². The van der Waals surface area contributed by atoms with Crippen LogP contribution in [0.5, 0.6) is 0 Å². The number of carbonyl (C=O) groups is 1. The summed E-state index contributed by atoms with van der Waals surface area (Å²) >= 11 is 12.0. The van der Waals surface area contributed by atoms with Crippen LogP contribution in [0.2, 0.25) is 10.0 Å². The lowest BCUT2D eigenvalue weighted by Crippen LogP contribution is -2.39. The zero-order valence-corrected chi connectivity index (χ0v) is 16.8. The van der Waals surface area contributed by atoms with Crippen molar-refractivity contribution in [3.63, 3.8) is 0 Å². The minimum atomic E-state index is -0.864. The van der Waals surface area contributed by atoms with Crippen molar-refractivity contribution in [2.24, 2.45) is 11.7 Å². The number of carbonyl (C=O) groups excluding carboxylic acids is 1. The van der Waals surface area contributed by atoms with Crippen molar-refractivity contribution >= 4 is 29.1 Å². The number of allylic oxidation sites excluding steroid dienone is 4. The van der Waals surface area contributed by atoms with Crippen molar-refractivity contribution in [1.82, 2.24) is 10.6 Å². The number of benzene rings is 1. The Morgan fingerprint density at radius 3 is 2.57 bits per heavy atom. The maximum absolute atomic E-state index is 13.7. The molecule has 4 nitrogen and oxygen atoms in total. The summed E-state index contributed by atoms with van der Waals surface area (Å²) in [6.45, 7) is 3.69. The Kier molecular flexibility index (Phi) is 8.33. The average molecular weight is 430 g/mol. The highest BCUT2D eigenvalue weighted by molar-refractivity contribution is 6.35. The molecule has 0 aliphatic heterocycles. The van der Waals surface area contributed by atoms with Gasteiger partial charge in [0.2, 0.25) is 0 Å². The molecule has 0 atom stereocenters. The zero-order valence-electron chi connectivity index (χ0n) is 15.3. The topological polar surface area (TPSA) is 67.2 Å². The van der Waals surface area contributed by atoms with E-state index >= 15 is 0 Å². The predicted molar refractivity (Wildman–Crippen MR) is 109 cm³/mol. The molecule has 1 aliphatic rings. The van der Waals surface area contributed by atoms with Crippen LogP contribution in [-0.4, -0.2) is 18.5 Å². The first kappa shape index (κ1) is 22.2. The van der Waals surface area contributed by atoms with Gasteiger partial charge in [-0.25, -0.2) is 8.78 Å². The van der Waals surface area contributed by atoms with E-state index < -0.39 is 11.7 Å². The van der Waals surface area contributed by atoms with Gasteiger partial charge in [-0.2, -0.15) is 0 Å². The molecule has 1 aromatic rings. The molecule has 4 N–H and O–H groups in total. The van der Waals surface area contributed by atoms with Crippen LogP contribution in [-0.2, 0) is 0 Å². The minimum Gasteiger partial charge on any atom is -0.383 e. The highest BCUT2D eigenvalue weighted by Crippen LogP contribution is 2.26. The quantitative estimate of drug-likeness (QED) is 0.533. The van der Waals surface area contributed by atoms with Crippen LogP contribution in [0.1, 0.15) is 36.0 Å². The molecule has 0 spiro atoms. The molecule has 152 valence electrons. The molecule has 1 amide bonds. The van der Waals surface area contributed by atoms with Crippen LogP contribution in [0.3, 0.4) is 0 Å². The molecule has 1 aromatic carbocycles. The number of hydrogen-bond acceptors (Lipinski definition) is 3. The third-order valence-electron chi connectivity index (χ3n) is 4.65. The van der Waals surface area contributed by atoms with E-state index in [9.17, 15) is 13.6 Å². The van der Waals surface area contributed by atoms with Crippen LogP contribution in [0.15, 0.2) is 54.4 Å². The van der Waals surface area contributed by atoms with Gasteiger partial charge >= 0.3 is 0 Å². The highest BCUT2D eigenvalue weighted by Gasteiger charge is 2.23. The maximum Gasteiger partial charge on any atom is 0.253 e. The molecular weight excluding hydrogens is 407 g/mol. The van der Waals surface area contributed by atoms with Crippen molar-refractivity contribution < 1.29 is 13.6 Å². The van der Waals surface area contributed by atoms with Gasteiger partial charge in [0.05, 0.1) is 10.6 Å². The second-order valence-corrected chi connectivity index (χ2v) is 7.53. The molecule has 0 aromatic heterocycles. The summed E-state index contributed by atoms with van der Waals surface area (Å²) in [7, 11) is 0. The molecular formula is C20H23Cl2F2N3O. The van der Waals surface area contributed by atoms with Crippen LogP contribution in [0, 0.1) is 5.92 Å². The number of halogens is 4. The van der Waals surface area contributed by atoms with E-state index in [1.807, 2.05) is 0 Å². The molecule has 28 heavy (non-hydrogen) atoms. The van der Waals surface area contributed by atoms with Gasteiger partial charge in [-0.05, 0) is 55.9 Å². The van der Waals surface area contributed by atoms with Crippen molar-refractivity contribution in [3.8, 4) is 0 Å². The second kappa shape index (κ2) is 10.5. The first-order valence-corrected chi connectivity index (χ1v) is 9.70. The molecule has 0 bridgehead atoms. The number of nitrogens with two attached hydrogens (primary N) is 1. The fourth-order valence-electron chi connectivity index (χ4n) is 3.04. The van der Waals surface area contributed by atoms with Gasteiger partial charge in [0.25, 0.3) is 5.91 Å². The van der Waals surface area contributed by atoms with E-state index in [4.69, 9.17) is 28.9 Å². The van der Waals surface area contributed by atoms with Crippen molar-refractivity contribution in [1.29, 1.82) is 0 Å². The fraction of sp³-hybridized carbons (Fsp3) is 0.350. The third-order valence-corrected chi connectivity index (χ3v) is 5.22. The highest BCUT2D eigenvalue weighted by atomic mass is 35.5. The molecule has 0 unspecified atom stereocenters. The molecule has 8 heteroatoms. The lowest BCUT2D eigenvalue weighted by molar-refractivity contribution is 0.0922. The van der Waals surface area contributed by atoms with Gasteiger partial charge in [-0.15, -0.1) is 0 Å². The molecule has 0 radical (unpaired) electrons. The summed E-state index contributed by atoms with van der Waals surface area (Å²) in [5.41, 5.74) is 5.94. The predicted octanol–water partition coefficient (Wildman–Crippen LogP) is 5.01. The Bertz CT molecular complexity index is 788. The lowest BCUT2D eigenvalue weighted by Gasteiger charge is -2.29. The van der Waals surface area contributed by atoms with Crippen molar-refractivity contribution in [3.05, 3.63) is 70.0 Å². The van der Waals surface area contributed by atoms with E-state index in [0.29, 0.717) is 28.2 Å². The summed E-state index contributed by atoms with van der Waals surface area (Å²) in [4.78, 5) is 12.4. The number of hydrogen-bond donors (Lipinski definition) is 3. The first-order valence-electron chi connectivity index (χ1n) is 8.94. The third kappa shape index (κ3) is 6.53. The molecule has 0 heterocycles. The molecule has 1 aliphatic carbocycles. The number of nitrogens with one attached hydrogen (secondary N) is 2. The SMILES string of the molecule is C=C/C(F)=C\C(F)=C(/N)NCC1CCC(NC(=O)c2cc(Cl)ccc2Cl)CC1. The van der Waals surface area contributed by atoms with Crippen molar-refractivity contribution in [2.45, 2.75) is 31.7 Å². The Labute approximate surface area is 173 Å². The lowest BCUT2D eigenvalue weighted by atomic mass is 9.86. The fourth-order valence-corrected chi connectivity index (χ4v) is 3.42. The Balaban J connectivity index is 1.81. The summed E-state index contributed by atoms with van der Waals surface area (Å²) in [6.07, 6.45) is 4.84. The van der Waals surface area contributed by atoms with Gasteiger partial charge < -0.3 is 16.4 Å². The van der Waals surface area contributed by atoms with Crippen molar-refractivity contribution in [2.75, 3.05) is 6.54 Å². The summed E-state index contributed by atoms with van der Waals surface area (Å²) in [5.74, 6) is -1.83. The van der Waals surface area contributed by atoms with Crippen LogP contribution in [0.4, 0.5) is 8.78 Å². The zero-order chi connectivity index (χ0) is 20.7. The van der Waals surface area contributed by atoms with Gasteiger partial charge in [0, 0.05) is 23.7 Å². The molecule has 1 saturated carbocycles. The Morgan fingerprint density at radius 2 is 1.93 bits per heavy atom. The maximum atomic E-state index is 13.7. The smallest absolute Gasteiger partial charge is 0.253 e. The van der Waals surface area contributed by atoms with Gasteiger partial charge in [-0.1, -0.05) is 29.8 Å². The van der Waals surface area contributed by atoms with E-state index in [1.165, 1.54) is 0 Å². The van der Waals surface area contributed by atoms with Crippen LogP contribution in [0.25, 0.3) is 0 Å². The Hall–Kier alpha value is -2.05. The van der Waals surface area contributed by atoms with Crippen LogP contribution < -0.4 is 16.4 Å². The summed E-state index contributed by atoms with van der Waals surface area (Å²) < 4.78 is 26.7. The van der Waals surface area contributed by atoms with E-state index in [-0.39, 0.29) is 23.7 Å². The summed E-state index contributed by atoms with van der Waals surface area (Å²) in [6, 6.07) is 4.80. The summed E-state index contributed by atoms with van der Waals surface area (Å²) in [5, 5.41) is 6.58. The van der Waals surface area contributed by atoms with E-state index in [1.54, 1.807) is 18.2 Å². The first-order chi connectivity index (χ1) is 13.3. The van der Waals surface area contributed by atoms with E-state index in [0.717, 1.165) is 31.8 Å². The van der Waals surface area contributed by atoms with E-state index in [2.05, 4.69) is 17.2 Å². The largest absolute Gasteiger partial charge is 0.383 e. The normalized spacial score (nSPS) is 20.9. The van der Waals surface area contributed by atoms with Gasteiger partial charge in [0.15, 0.2) is 5.83 Å². The number of amides is 1. The minimum absolute atomic E-state index is 0.0352.